The van der Waals surface area contributed by atoms with Crippen molar-refractivity contribution >= 4 is 21.9 Å². The van der Waals surface area contributed by atoms with Crippen LogP contribution in [0.5, 0.6) is 0 Å². The summed E-state index contributed by atoms with van der Waals surface area (Å²) in [6, 6.07) is 5.57. The number of carbonyl (C=O) groups excluding carboxylic acids is 2. The van der Waals surface area contributed by atoms with Crippen molar-refractivity contribution in [3.8, 4) is 0 Å². The van der Waals surface area contributed by atoms with Gasteiger partial charge in [-0.3, -0.25) is 4.79 Å². The molecule has 27 heavy (non-hydrogen) atoms. The lowest BCUT2D eigenvalue weighted by atomic mass is 10.2. The number of nitrogens with one attached hydrogen (secondary N) is 2. The Morgan fingerprint density at radius 2 is 1.78 bits per heavy atom. The van der Waals surface area contributed by atoms with Crippen molar-refractivity contribution in [1.29, 1.82) is 0 Å². The molecule has 0 saturated carbocycles. The van der Waals surface area contributed by atoms with E-state index < -0.39 is 16.0 Å². The van der Waals surface area contributed by atoms with Crippen molar-refractivity contribution in [3.63, 3.8) is 0 Å². The van der Waals surface area contributed by atoms with Crippen LogP contribution in [-0.2, 0) is 19.6 Å². The molecule has 1 atom stereocenters. The van der Waals surface area contributed by atoms with Crippen LogP contribution in [0.1, 0.15) is 31.1 Å². The third-order valence-corrected chi connectivity index (χ3v) is 6.64. The van der Waals surface area contributed by atoms with Gasteiger partial charge in [-0.25, -0.2) is 13.2 Å². The minimum atomic E-state index is -3.63. The predicted octanol–water partition coefficient (Wildman–Crippen LogP) is -0.723. The van der Waals surface area contributed by atoms with Gasteiger partial charge in [0.05, 0.1) is 43.2 Å². The average molecular weight is 399 g/mol. The fraction of sp³-hybridized carbons (Fsp3) is 0.556. The topological polar surface area (TPSA) is 97.2 Å². The number of amides is 1. The second-order valence-corrected chi connectivity index (χ2v) is 8.36. The molecule has 2 rings (SSSR count). The Morgan fingerprint density at radius 3 is 2.30 bits per heavy atom. The van der Waals surface area contributed by atoms with Crippen LogP contribution in [-0.4, -0.2) is 70.0 Å². The normalized spacial score (nSPS) is 17.3. The van der Waals surface area contributed by atoms with E-state index in [1.165, 1.54) is 28.6 Å². The smallest absolute Gasteiger partial charge is 0.338 e. The van der Waals surface area contributed by atoms with Crippen molar-refractivity contribution in [1.82, 2.24) is 9.62 Å². The highest BCUT2D eigenvalue weighted by Crippen LogP contribution is 2.17. The highest BCUT2D eigenvalue weighted by atomic mass is 32.2. The van der Waals surface area contributed by atoms with E-state index in [1.807, 2.05) is 13.8 Å². The summed E-state index contributed by atoms with van der Waals surface area (Å²) in [4.78, 5) is 24.9. The molecule has 0 spiro atoms. The van der Waals surface area contributed by atoms with E-state index in [2.05, 4.69) is 5.32 Å². The zero-order valence-corrected chi connectivity index (χ0v) is 16.8. The number of piperazine rings is 1. The Hall–Kier alpha value is -1.97. The number of ether oxygens (including phenoxy) is 1. The molecule has 1 aliphatic rings. The number of sulfonamides is 1. The first-order chi connectivity index (χ1) is 12.8. The van der Waals surface area contributed by atoms with Crippen LogP contribution in [0.4, 0.5) is 0 Å². The molecule has 1 saturated heterocycles. The lowest BCUT2D eigenvalue weighted by Gasteiger charge is -2.34. The summed E-state index contributed by atoms with van der Waals surface area (Å²) in [5, 5.41) is 2.80. The molecule has 1 aliphatic heterocycles. The quantitative estimate of drug-likeness (QED) is 0.591. The van der Waals surface area contributed by atoms with E-state index in [1.54, 1.807) is 6.92 Å². The van der Waals surface area contributed by atoms with Crippen LogP contribution in [0, 0.1) is 0 Å². The summed E-state index contributed by atoms with van der Waals surface area (Å²) in [5.41, 5.74) is 0.320. The van der Waals surface area contributed by atoms with E-state index in [0.29, 0.717) is 38.3 Å². The molecule has 0 radical (unpaired) electrons. The largest absolute Gasteiger partial charge is 0.462 e. The molecule has 0 aromatic heterocycles. The molecule has 8 nitrogen and oxygen atoms in total. The molecule has 2 N–H and O–H groups in total. The Labute approximate surface area is 160 Å². The van der Waals surface area contributed by atoms with Crippen LogP contribution in [0.15, 0.2) is 29.2 Å². The number of carbonyl (C=O) groups is 2. The third kappa shape index (κ3) is 5.06. The van der Waals surface area contributed by atoms with E-state index in [-0.39, 0.29) is 23.5 Å². The lowest BCUT2D eigenvalue weighted by Crippen LogP contribution is -3.19. The van der Waals surface area contributed by atoms with E-state index in [9.17, 15) is 18.0 Å². The van der Waals surface area contributed by atoms with Gasteiger partial charge in [0.1, 0.15) is 0 Å². The second-order valence-electron chi connectivity index (χ2n) is 6.42. The number of hydrogen-bond acceptors (Lipinski definition) is 5. The van der Waals surface area contributed by atoms with E-state index in [0.717, 1.165) is 4.90 Å². The molecule has 1 amide bonds. The molecule has 0 aliphatic carbocycles. The number of rotatable bonds is 7. The Kier molecular flexibility index (Phi) is 7.34. The molecule has 1 aromatic rings. The van der Waals surface area contributed by atoms with Gasteiger partial charge >= 0.3 is 5.97 Å². The standard InChI is InChI=1S/C18H27N3O5S/c1-4-19-17(22)14(3)20-10-12-21(13-11-20)27(24,25)16-8-6-15(7-9-16)18(23)26-5-2/h6-9,14H,4-5,10-13H2,1-3H3,(H,19,22)/p+1/t14-/m1/s1. The van der Waals surface area contributed by atoms with Crippen molar-refractivity contribution in [2.24, 2.45) is 0 Å². The molecule has 1 heterocycles. The zero-order valence-electron chi connectivity index (χ0n) is 16.0. The first-order valence-electron chi connectivity index (χ1n) is 9.20. The first-order valence-corrected chi connectivity index (χ1v) is 10.6. The summed E-state index contributed by atoms with van der Waals surface area (Å²) in [5.74, 6) is -0.489. The maximum Gasteiger partial charge on any atom is 0.338 e. The second kappa shape index (κ2) is 9.29. The molecular formula is C18H28N3O5S+. The summed E-state index contributed by atoms with van der Waals surface area (Å²) in [7, 11) is -3.63. The Balaban J connectivity index is 2.02. The van der Waals surface area contributed by atoms with Gasteiger partial charge in [-0.1, -0.05) is 0 Å². The third-order valence-electron chi connectivity index (χ3n) is 4.72. The zero-order chi connectivity index (χ0) is 20.0. The van der Waals surface area contributed by atoms with E-state index in [4.69, 9.17) is 4.74 Å². The number of quaternary nitrogens is 1. The molecule has 150 valence electrons. The molecule has 9 heteroatoms. The monoisotopic (exact) mass is 398 g/mol. The van der Waals surface area contributed by atoms with Gasteiger partial charge in [0, 0.05) is 6.54 Å². The minimum absolute atomic E-state index is 0.0154. The maximum absolute atomic E-state index is 12.8. The molecular weight excluding hydrogens is 370 g/mol. The first kappa shape index (κ1) is 21.3. The number of likely N-dealkylation sites (N-methyl/N-ethyl adjacent to an activating group) is 1. The van der Waals surface area contributed by atoms with Crippen LogP contribution < -0.4 is 10.2 Å². The fourth-order valence-corrected chi connectivity index (χ4v) is 4.53. The number of esters is 1. The van der Waals surface area contributed by atoms with Gasteiger partial charge in [-0.15, -0.1) is 0 Å². The van der Waals surface area contributed by atoms with Gasteiger partial charge in [-0.05, 0) is 45.0 Å². The minimum Gasteiger partial charge on any atom is -0.462 e. The average Bonchev–Trinajstić information content (AvgIpc) is 2.68. The van der Waals surface area contributed by atoms with Crippen molar-refractivity contribution in [2.45, 2.75) is 31.7 Å². The molecule has 0 bridgehead atoms. The predicted molar refractivity (Wildman–Crippen MR) is 100.0 cm³/mol. The highest BCUT2D eigenvalue weighted by molar-refractivity contribution is 7.89. The number of hydrogen-bond donors (Lipinski definition) is 2. The number of nitrogens with zero attached hydrogens (tertiary/aromatic N) is 1. The summed E-state index contributed by atoms with van der Waals surface area (Å²) in [6.45, 7) is 8.12. The SMILES string of the molecule is CCNC(=O)[C@@H](C)[NH+]1CCN(S(=O)(=O)c2ccc(C(=O)OCC)cc2)CC1. The van der Waals surface area contributed by atoms with Gasteiger partial charge < -0.3 is 15.0 Å². The van der Waals surface area contributed by atoms with Crippen molar-refractivity contribution in [2.75, 3.05) is 39.3 Å². The van der Waals surface area contributed by atoms with Gasteiger partial charge in [0.25, 0.3) is 5.91 Å². The molecule has 1 fully saturated rings. The van der Waals surface area contributed by atoms with Gasteiger partial charge in [-0.2, -0.15) is 4.31 Å². The van der Waals surface area contributed by atoms with Gasteiger partial charge in [0.2, 0.25) is 10.0 Å². The van der Waals surface area contributed by atoms with Crippen molar-refractivity contribution in [3.05, 3.63) is 29.8 Å². The van der Waals surface area contributed by atoms with Crippen molar-refractivity contribution < 1.29 is 27.6 Å². The van der Waals surface area contributed by atoms with E-state index >= 15 is 0 Å². The van der Waals surface area contributed by atoms with Crippen LogP contribution in [0.25, 0.3) is 0 Å². The fourth-order valence-electron chi connectivity index (χ4n) is 3.09. The van der Waals surface area contributed by atoms with Crippen LogP contribution >= 0.6 is 0 Å². The van der Waals surface area contributed by atoms with Crippen LogP contribution in [0.2, 0.25) is 0 Å². The summed E-state index contributed by atoms with van der Waals surface area (Å²) < 4.78 is 32.0. The maximum atomic E-state index is 12.8. The van der Waals surface area contributed by atoms with Crippen LogP contribution in [0.3, 0.4) is 0 Å². The number of benzene rings is 1. The van der Waals surface area contributed by atoms with Gasteiger partial charge in [0.15, 0.2) is 6.04 Å². The molecule has 0 unspecified atom stereocenters. The summed E-state index contributed by atoms with van der Waals surface area (Å²) >= 11 is 0. The lowest BCUT2D eigenvalue weighted by molar-refractivity contribution is -0.917. The highest BCUT2D eigenvalue weighted by Gasteiger charge is 2.34. The summed E-state index contributed by atoms with van der Waals surface area (Å²) in [6.07, 6.45) is 0. The Bertz CT molecular complexity index is 756. The Morgan fingerprint density at radius 1 is 1.19 bits per heavy atom. The molecule has 1 aromatic carbocycles.